The fourth-order valence-corrected chi connectivity index (χ4v) is 2.10. The molecule has 1 aromatic carbocycles. The average Bonchev–Trinajstić information content (AvgIpc) is 2.92. The van der Waals surface area contributed by atoms with Crippen LogP contribution in [0, 0.1) is 12.7 Å². The minimum absolute atomic E-state index is 0.0393. The Hall–Kier alpha value is -1.09. The third kappa shape index (κ3) is 1.51. The number of aliphatic carboxylic acids is 1. The third-order valence-electron chi connectivity index (χ3n) is 2.94. The van der Waals surface area contributed by atoms with Crippen LogP contribution in [0.15, 0.2) is 12.1 Å². The van der Waals surface area contributed by atoms with Crippen molar-refractivity contribution in [2.45, 2.75) is 25.2 Å². The lowest BCUT2D eigenvalue weighted by molar-refractivity contribution is -0.140. The summed E-state index contributed by atoms with van der Waals surface area (Å²) in [5.41, 5.74) is 0.424. The van der Waals surface area contributed by atoms with Crippen molar-refractivity contribution >= 4 is 17.6 Å². The van der Waals surface area contributed by atoms with E-state index in [0.717, 1.165) is 5.56 Å². The molecule has 4 heteroatoms. The first kappa shape index (κ1) is 10.4. The summed E-state index contributed by atoms with van der Waals surface area (Å²) in [5.74, 6) is -1.43. The number of hydrogen-bond acceptors (Lipinski definition) is 1. The highest BCUT2D eigenvalue weighted by Crippen LogP contribution is 2.50. The molecule has 1 saturated carbocycles. The summed E-state index contributed by atoms with van der Waals surface area (Å²) in [5, 5.41) is 9.13. The molecule has 1 fully saturated rings. The van der Waals surface area contributed by atoms with Crippen LogP contribution in [0.2, 0.25) is 5.02 Å². The maximum absolute atomic E-state index is 13.3. The van der Waals surface area contributed by atoms with E-state index in [9.17, 15) is 9.18 Å². The minimum atomic E-state index is -0.882. The number of halogens is 2. The Morgan fingerprint density at radius 3 is 2.60 bits per heavy atom. The molecule has 1 aliphatic rings. The van der Waals surface area contributed by atoms with Crippen LogP contribution in [0.5, 0.6) is 0 Å². The summed E-state index contributed by atoms with van der Waals surface area (Å²) in [7, 11) is 0. The maximum Gasteiger partial charge on any atom is 0.314 e. The quantitative estimate of drug-likeness (QED) is 0.845. The Morgan fingerprint density at radius 2 is 2.13 bits per heavy atom. The summed E-state index contributed by atoms with van der Waals surface area (Å²) in [6.07, 6.45) is 1.15. The third-order valence-corrected chi connectivity index (χ3v) is 3.23. The highest BCUT2D eigenvalue weighted by atomic mass is 35.5. The zero-order valence-electron chi connectivity index (χ0n) is 8.18. The molecule has 0 unspecified atom stereocenters. The molecule has 0 heterocycles. The van der Waals surface area contributed by atoms with E-state index in [1.165, 1.54) is 12.1 Å². The Balaban J connectivity index is 2.54. The molecule has 0 atom stereocenters. The lowest BCUT2D eigenvalue weighted by atomic mass is 9.92. The van der Waals surface area contributed by atoms with Crippen LogP contribution in [0.3, 0.4) is 0 Å². The first-order valence-electron chi connectivity index (χ1n) is 4.67. The molecule has 2 rings (SSSR count). The molecule has 1 N–H and O–H groups in total. The SMILES string of the molecule is Cc1cc(Cl)c(F)cc1C1(C(=O)O)CC1. The van der Waals surface area contributed by atoms with Crippen LogP contribution in [-0.4, -0.2) is 11.1 Å². The standard InChI is InChI=1S/C11H10ClFO2/c1-6-4-8(12)9(13)5-7(6)11(2-3-11)10(14)15/h4-5H,2-3H2,1H3,(H,14,15). The molecule has 0 amide bonds. The maximum atomic E-state index is 13.3. The lowest BCUT2D eigenvalue weighted by Crippen LogP contribution is -2.20. The van der Waals surface area contributed by atoms with Crippen LogP contribution >= 0.6 is 11.6 Å². The van der Waals surface area contributed by atoms with Gasteiger partial charge in [0.2, 0.25) is 0 Å². The molecule has 1 aromatic rings. The summed E-state index contributed by atoms with van der Waals surface area (Å²) < 4.78 is 13.3. The number of hydrogen-bond donors (Lipinski definition) is 1. The Labute approximate surface area is 91.7 Å². The normalized spacial score (nSPS) is 17.5. The molecule has 0 radical (unpaired) electrons. The number of carboxylic acids is 1. The van der Waals surface area contributed by atoms with Crippen LogP contribution in [0.25, 0.3) is 0 Å². The van der Waals surface area contributed by atoms with E-state index in [1.807, 2.05) is 0 Å². The number of rotatable bonds is 2. The monoisotopic (exact) mass is 228 g/mol. The Bertz CT molecular complexity index is 438. The summed E-state index contributed by atoms with van der Waals surface area (Å²) >= 11 is 5.61. The van der Waals surface area contributed by atoms with E-state index in [4.69, 9.17) is 16.7 Å². The zero-order valence-corrected chi connectivity index (χ0v) is 8.94. The molecule has 80 valence electrons. The average molecular weight is 229 g/mol. The van der Waals surface area contributed by atoms with Gasteiger partial charge in [-0.2, -0.15) is 0 Å². The van der Waals surface area contributed by atoms with Gasteiger partial charge >= 0.3 is 5.97 Å². The number of benzene rings is 1. The summed E-state index contributed by atoms with van der Waals surface area (Å²) in [4.78, 5) is 11.1. The fourth-order valence-electron chi connectivity index (χ4n) is 1.89. The van der Waals surface area contributed by atoms with Crippen LogP contribution < -0.4 is 0 Å². The molecule has 0 spiro atoms. The second-order valence-electron chi connectivity index (χ2n) is 3.97. The van der Waals surface area contributed by atoms with E-state index in [0.29, 0.717) is 18.4 Å². The minimum Gasteiger partial charge on any atom is -0.481 e. The van der Waals surface area contributed by atoms with Crippen molar-refractivity contribution in [1.82, 2.24) is 0 Å². The Morgan fingerprint density at radius 1 is 1.53 bits per heavy atom. The predicted molar refractivity (Wildman–Crippen MR) is 54.7 cm³/mol. The van der Waals surface area contributed by atoms with Crippen molar-refractivity contribution < 1.29 is 14.3 Å². The molecule has 0 bridgehead atoms. The lowest BCUT2D eigenvalue weighted by Gasteiger charge is -2.14. The predicted octanol–water partition coefficient (Wildman–Crippen LogP) is 2.90. The van der Waals surface area contributed by atoms with Crippen molar-refractivity contribution in [2.75, 3.05) is 0 Å². The number of carboxylic acid groups (broad SMARTS) is 1. The first-order chi connectivity index (χ1) is 6.97. The Kier molecular flexibility index (Phi) is 2.23. The van der Waals surface area contributed by atoms with Gasteiger partial charge in [-0.3, -0.25) is 4.79 Å². The van der Waals surface area contributed by atoms with Gasteiger partial charge in [0.05, 0.1) is 10.4 Å². The van der Waals surface area contributed by atoms with E-state index < -0.39 is 17.2 Å². The van der Waals surface area contributed by atoms with Crippen LogP contribution in [-0.2, 0) is 10.2 Å². The van der Waals surface area contributed by atoms with Crippen molar-refractivity contribution in [3.63, 3.8) is 0 Å². The molecule has 1 aliphatic carbocycles. The molecular formula is C11H10ClFO2. The van der Waals surface area contributed by atoms with Crippen molar-refractivity contribution in [1.29, 1.82) is 0 Å². The highest BCUT2D eigenvalue weighted by molar-refractivity contribution is 6.30. The van der Waals surface area contributed by atoms with Gasteiger partial charge in [0.15, 0.2) is 0 Å². The van der Waals surface area contributed by atoms with Gasteiger partial charge in [-0.05, 0) is 43.0 Å². The van der Waals surface area contributed by atoms with Gasteiger partial charge in [-0.25, -0.2) is 4.39 Å². The van der Waals surface area contributed by atoms with Gasteiger partial charge in [-0.15, -0.1) is 0 Å². The van der Waals surface area contributed by atoms with Gasteiger partial charge in [0.1, 0.15) is 5.82 Å². The van der Waals surface area contributed by atoms with Gasteiger partial charge in [0, 0.05) is 0 Å². The van der Waals surface area contributed by atoms with Crippen LogP contribution in [0.4, 0.5) is 4.39 Å². The van der Waals surface area contributed by atoms with E-state index in [1.54, 1.807) is 6.92 Å². The number of aryl methyl sites for hydroxylation is 1. The van der Waals surface area contributed by atoms with Crippen LogP contribution in [0.1, 0.15) is 24.0 Å². The number of carbonyl (C=O) groups is 1. The second-order valence-corrected chi connectivity index (χ2v) is 4.38. The van der Waals surface area contributed by atoms with Crippen molar-refractivity contribution in [3.05, 3.63) is 34.1 Å². The van der Waals surface area contributed by atoms with Gasteiger partial charge in [0.25, 0.3) is 0 Å². The molecule has 0 aromatic heterocycles. The molecule has 0 aliphatic heterocycles. The van der Waals surface area contributed by atoms with Crippen molar-refractivity contribution in [2.24, 2.45) is 0 Å². The van der Waals surface area contributed by atoms with E-state index >= 15 is 0 Å². The van der Waals surface area contributed by atoms with E-state index in [-0.39, 0.29) is 5.02 Å². The smallest absolute Gasteiger partial charge is 0.314 e. The highest BCUT2D eigenvalue weighted by Gasteiger charge is 2.52. The first-order valence-corrected chi connectivity index (χ1v) is 5.05. The molecule has 15 heavy (non-hydrogen) atoms. The zero-order chi connectivity index (χ0) is 11.2. The van der Waals surface area contributed by atoms with E-state index in [2.05, 4.69) is 0 Å². The second kappa shape index (κ2) is 3.20. The summed E-state index contributed by atoms with van der Waals surface area (Å²) in [6, 6.07) is 2.73. The topological polar surface area (TPSA) is 37.3 Å². The molecule has 2 nitrogen and oxygen atoms in total. The van der Waals surface area contributed by atoms with Gasteiger partial charge < -0.3 is 5.11 Å². The fraction of sp³-hybridized carbons (Fsp3) is 0.364. The molecule has 0 saturated heterocycles. The van der Waals surface area contributed by atoms with Gasteiger partial charge in [-0.1, -0.05) is 11.6 Å². The van der Waals surface area contributed by atoms with Crippen molar-refractivity contribution in [3.8, 4) is 0 Å². The molecular weight excluding hydrogens is 219 g/mol. The largest absolute Gasteiger partial charge is 0.481 e. The summed E-state index contributed by atoms with van der Waals surface area (Å²) in [6.45, 7) is 1.75.